The maximum atomic E-state index is 13.5. The summed E-state index contributed by atoms with van der Waals surface area (Å²) in [6.45, 7) is 8.50. The summed E-state index contributed by atoms with van der Waals surface area (Å²) in [6, 6.07) is 27.0. The molecule has 21 heteroatoms. The van der Waals surface area contributed by atoms with Gasteiger partial charge in [-0.1, -0.05) is 18.2 Å². The quantitative estimate of drug-likeness (QED) is 0.0928. The molecule has 3 amide bonds. The summed E-state index contributed by atoms with van der Waals surface area (Å²) in [5.74, 6) is 4.05. The fourth-order valence-electron chi connectivity index (χ4n) is 9.02. The highest BCUT2D eigenvalue weighted by molar-refractivity contribution is 8.01. The number of benzene rings is 2. The fourth-order valence-corrected chi connectivity index (χ4v) is 11.8. The van der Waals surface area contributed by atoms with Crippen molar-refractivity contribution in [1.82, 2.24) is 39.7 Å². The predicted octanol–water partition coefficient (Wildman–Crippen LogP) is 10.3. The van der Waals surface area contributed by atoms with Crippen molar-refractivity contribution in [3.05, 3.63) is 133 Å². The number of ether oxygens (including phenoxy) is 3. The van der Waals surface area contributed by atoms with E-state index in [9.17, 15) is 14.0 Å². The van der Waals surface area contributed by atoms with Crippen LogP contribution in [0, 0.1) is 5.82 Å². The van der Waals surface area contributed by atoms with Crippen LogP contribution in [0.2, 0.25) is 0 Å². The van der Waals surface area contributed by atoms with Crippen molar-refractivity contribution in [2.24, 2.45) is 7.05 Å². The van der Waals surface area contributed by atoms with Crippen LogP contribution >= 0.6 is 23.5 Å². The topological polar surface area (TPSA) is 200 Å². The number of pyridine rings is 2. The van der Waals surface area contributed by atoms with Gasteiger partial charge >= 0.3 is 12.1 Å². The van der Waals surface area contributed by atoms with Gasteiger partial charge in [0.1, 0.15) is 34.8 Å². The van der Waals surface area contributed by atoms with E-state index in [1.165, 1.54) is 25.0 Å². The lowest BCUT2D eigenvalue weighted by Crippen LogP contribution is -2.44. The second kappa shape index (κ2) is 22.2. The van der Waals surface area contributed by atoms with Gasteiger partial charge < -0.3 is 29.3 Å². The maximum Gasteiger partial charge on any atom is 0.418 e. The van der Waals surface area contributed by atoms with Crippen molar-refractivity contribution in [1.29, 1.82) is 0 Å². The number of para-hydroxylation sites is 1. The number of hydrogen-bond donors (Lipinski definition) is 3. The van der Waals surface area contributed by atoms with Gasteiger partial charge in [0.25, 0.3) is 0 Å². The Kier molecular flexibility index (Phi) is 14.9. The molecule has 5 aromatic heterocycles. The van der Waals surface area contributed by atoms with E-state index in [0.29, 0.717) is 61.1 Å². The van der Waals surface area contributed by atoms with Gasteiger partial charge in [-0.05, 0) is 113 Å². The molecule has 392 valence electrons. The van der Waals surface area contributed by atoms with Crippen LogP contribution in [0.1, 0.15) is 63.8 Å². The Morgan fingerprint density at radius 3 is 1.79 bits per heavy atom. The van der Waals surface area contributed by atoms with E-state index in [1.54, 1.807) is 72.5 Å². The number of anilines is 5. The standard InChI is InChI=1S/C28H29FN8O2S.C27H29N5O3S/c1-18-17-39-12-11-37(18)25-13-23(28(9-10-28)40-22-6-4-20(29)5-7-22)33-26(35-25)19-3-8-24(30-14-19)34-27(38)32-21-15-31-36(2)16-21;1-18-17-34-14-13-32(18)24-15-22(27(11-12-27)36-21-8-9-21)29-25(31-24)19-7-10-23(28-16-19)30-26(33)35-20-5-3-2-4-6-20/h3-8,13-16,18H,9-12,17H2,1-2H3,(H2,30,32,34,38);2-7,10,15-16,18,21H,8-9,11-14,17H2,1H3,(H,28,30,33). The Balaban J connectivity index is 0.000000163. The molecular weight excluding hydrogens is 1010 g/mol. The molecule has 5 aliphatic rings. The lowest BCUT2D eigenvalue weighted by molar-refractivity contribution is 0.0985. The highest BCUT2D eigenvalue weighted by Crippen LogP contribution is 2.62. The molecule has 12 rings (SSSR count). The highest BCUT2D eigenvalue weighted by Gasteiger charge is 2.51. The molecule has 7 aromatic rings. The summed E-state index contributed by atoms with van der Waals surface area (Å²) in [5, 5.41) is 12.9. The van der Waals surface area contributed by atoms with Crippen LogP contribution < -0.4 is 30.5 Å². The number of hydrogen-bond acceptors (Lipinski definition) is 16. The number of nitrogens with one attached hydrogen (secondary N) is 3. The van der Waals surface area contributed by atoms with Gasteiger partial charge in [0.05, 0.1) is 71.3 Å². The van der Waals surface area contributed by atoms with E-state index in [0.717, 1.165) is 83.1 Å². The van der Waals surface area contributed by atoms with Gasteiger partial charge in [0.15, 0.2) is 11.6 Å². The third-order valence-electron chi connectivity index (χ3n) is 13.6. The third kappa shape index (κ3) is 12.4. The van der Waals surface area contributed by atoms with E-state index in [-0.39, 0.29) is 27.4 Å². The molecule has 0 radical (unpaired) electrons. The molecule has 3 aliphatic carbocycles. The van der Waals surface area contributed by atoms with Gasteiger partial charge in [-0.2, -0.15) is 5.10 Å². The number of thioether (sulfide) groups is 2. The smallest absolute Gasteiger partial charge is 0.410 e. The van der Waals surface area contributed by atoms with Crippen LogP contribution in [-0.2, 0) is 26.0 Å². The van der Waals surface area contributed by atoms with Crippen molar-refractivity contribution in [3.63, 3.8) is 0 Å². The number of rotatable bonds is 14. The van der Waals surface area contributed by atoms with E-state index >= 15 is 0 Å². The Labute approximate surface area is 448 Å². The van der Waals surface area contributed by atoms with Crippen molar-refractivity contribution >= 4 is 64.6 Å². The average molecular weight is 1060 g/mol. The number of carbonyl (C=O) groups is 2. The summed E-state index contributed by atoms with van der Waals surface area (Å²) in [6.07, 6.45) is 12.9. The highest BCUT2D eigenvalue weighted by atomic mass is 32.2. The summed E-state index contributed by atoms with van der Waals surface area (Å²) in [7, 11) is 1.78. The number of urea groups is 1. The summed E-state index contributed by atoms with van der Waals surface area (Å²) < 4.78 is 31.6. The molecule has 7 heterocycles. The average Bonchev–Trinajstić information content (AvgIpc) is 4.39. The molecular formula is C55H58FN13O5S2. The first-order chi connectivity index (χ1) is 36.9. The minimum Gasteiger partial charge on any atom is -0.410 e. The zero-order valence-electron chi connectivity index (χ0n) is 42.4. The normalized spacial score (nSPS) is 19.2. The van der Waals surface area contributed by atoms with Crippen LogP contribution in [0.15, 0.2) is 121 Å². The summed E-state index contributed by atoms with van der Waals surface area (Å²) in [4.78, 5) is 59.0. The Morgan fingerprint density at radius 1 is 0.697 bits per heavy atom. The number of amides is 3. The number of halogens is 1. The van der Waals surface area contributed by atoms with Gasteiger partial charge in [-0.25, -0.2) is 43.9 Å². The van der Waals surface area contributed by atoms with Gasteiger partial charge in [-0.15, -0.1) is 23.5 Å². The van der Waals surface area contributed by atoms with Crippen molar-refractivity contribution in [2.45, 2.75) is 84.1 Å². The molecule has 2 atom stereocenters. The first-order valence-corrected chi connectivity index (χ1v) is 27.3. The second-order valence-electron chi connectivity index (χ2n) is 19.6. The molecule has 5 fully saturated rings. The van der Waals surface area contributed by atoms with E-state index < -0.39 is 12.1 Å². The van der Waals surface area contributed by atoms with Crippen LogP contribution in [0.3, 0.4) is 0 Å². The van der Waals surface area contributed by atoms with Gasteiger partial charge in [-0.3, -0.25) is 15.3 Å². The largest absolute Gasteiger partial charge is 0.418 e. The lowest BCUT2D eigenvalue weighted by atomic mass is 10.2. The van der Waals surface area contributed by atoms with Crippen molar-refractivity contribution in [2.75, 3.05) is 65.3 Å². The van der Waals surface area contributed by atoms with Crippen molar-refractivity contribution in [3.8, 4) is 28.5 Å². The summed E-state index contributed by atoms with van der Waals surface area (Å²) in [5.41, 5.74) is 4.20. The van der Waals surface area contributed by atoms with Crippen LogP contribution in [-0.4, -0.2) is 109 Å². The van der Waals surface area contributed by atoms with E-state index in [2.05, 4.69) is 78.6 Å². The molecule has 2 aromatic carbocycles. The molecule has 0 spiro atoms. The number of aryl methyl sites for hydroxylation is 1. The zero-order valence-corrected chi connectivity index (χ0v) is 44.0. The first kappa shape index (κ1) is 50.9. The SMILES string of the molecule is CC1COCCN1c1cc(C2(SC3CC3)CC2)nc(-c2ccc(NC(=O)Oc3ccccc3)nc2)n1.CC1COCCN1c1cc(C2(Sc3ccc(F)cc3)CC2)nc(-c2ccc(NC(=O)Nc3cnn(C)c3)nc2)n1. The molecule has 2 aliphatic heterocycles. The number of nitrogens with zero attached hydrogens (tertiary/aromatic N) is 10. The Bertz CT molecular complexity index is 3160. The number of morpholine rings is 2. The van der Waals surface area contributed by atoms with Crippen LogP contribution in [0.5, 0.6) is 5.75 Å². The molecule has 76 heavy (non-hydrogen) atoms. The molecule has 2 saturated heterocycles. The van der Waals surface area contributed by atoms with E-state index in [1.807, 2.05) is 42.5 Å². The molecule has 2 unspecified atom stereocenters. The van der Waals surface area contributed by atoms with E-state index in [4.69, 9.17) is 34.1 Å². The molecule has 0 bridgehead atoms. The molecule has 3 saturated carbocycles. The van der Waals surface area contributed by atoms with Crippen molar-refractivity contribution < 1.29 is 28.2 Å². The monoisotopic (exact) mass is 1060 g/mol. The Morgan fingerprint density at radius 2 is 1.28 bits per heavy atom. The maximum absolute atomic E-state index is 13.5. The number of carbonyl (C=O) groups excluding carboxylic acids is 2. The Hall–Kier alpha value is -7.20. The van der Waals surface area contributed by atoms with Gasteiger partial charge in [0, 0.05) is 72.1 Å². The van der Waals surface area contributed by atoms with Crippen LogP contribution in [0.4, 0.5) is 42.9 Å². The molecule has 3 N–H and O–H groups in total. The number of aromatic nitrogens is 8. The predicted molar refractivity (Wildman–Crippen MR) is 292 cm³/mol. The second-order valence-corrected chi connectivity index (χ2v) is 22.8. The fraction of sp³-hybridized carbons (Fsp3) is 0.364. The first-order valence-electron chi connectivity index (χ1n) is 25.6. The lowest BCUT2D eigenvalue weighted by Gasteiger charge is -2.34. The summed E-state index contributed by atoms with van der Waals surface area (Å²) >= 11 is 3.81. The van der Waals surface area contributed by atoms with Gasteiger partial charge in [0.2, 0.25) is 0 Å². The zero-order chi connectivity index (χ0) is 52.2. The minimum absolute atomic E-state index is 0.110. The molecule has 18 nitrogen and oxygen atoms in total. The minimum atomic E-state index is -0.587. The third-order valence-corrected chi connectivity index (χ3v) is 17.0. The van der Waals surface area contributed by atoms with Crippen LogP contribution in [0.25, 0.3) is 22.8 Å².